The highest BCUT2D eigenvalue weighted by Gasteiger charge is 2.08. The summed E-state index contributed by atoms with van der Waals surface area (Å²) in [5.41, 5.74) is 2.45. The lowest BCUT2D eigenvalue weighted by atomic mass is 10.1. The standard InChI is InChI=1S/C20H17N3O2/c1-15-7-5-12-19(21-15)22-20(24)17-9-6-8-16(13-17)14-23(25)18-10-3-2-4-11-18/h2-14H,1H3,(H,21,22,24)/b23-14-. The molecule has 1 aromatic heterocycles. The highest BCUT2D eigenvalue weighted by molar-refractivity contribution is 6.04. The van der Waals surface area contributed by atoms with E-state index in [0.717, 1.165) is 10.4 Å². The second-order valence-electron chi connectivity index (χ2n) is 5.53. The summed E-state index contributed by atoms with van der Waals surface area (Å²) in [7, 11) is 0. The maximum absolute atomic E-state index is 12.4. The largest absolute Gasteiger partial charge is 0.618 e. The zero-order chi connectivity index (χ0) is 17.6. The fraction of sp³-hybridized carbons (Fsp3) is 0.0500. The summed E-state index contributed by atoms with van der Waals surface area (Å²) >= 11 is 0. The van der Waals surface area contributed by atoms with E-state index >= 15 is 0 Å². The highest BCUT2D eigenvalue weighted by Crippen LogP contribution is 2.12. The van der Waals surface area contributed by atoms with E-state index in [0.29, 0.717) is 22.6 Å². The topological polar surface area (TPSA) is 68.1 Å². The van der Waals surface area contributed by atoms with Crippen LogP contribution in [0.5, 0.6) is 0 Å². The summed E-state index contributed by atoms with van der Waals surface area (Å²) in [6.45, 7) is 1.86. The summed E-state index contributed by atoms with van der Waals surface area (Å²) in [5, 5.41) is 14.9. The molecule has 0 spiro atoms. The van der Waals surface area contributed by atoms with Gasteiger partial charge in [-0.25, -0.2) is 4.98 Å². The van der Waals surface area contributed by atoms with Gasteiger partial charge in [-0.3, -0.25) is 4.79 Å². The molecule has 5 nitrogen and oxygen atoms in total. The zero-order valence-electron chi connectivity index (χ0n) is 13.7. The maximum Gasteiger partial charge on any atom is 0.256 e. The number of hydrogen-bond donors (Lipinski definition) is 1. The van der Waals surface area contributed by atoms with Crippen LogP contribution in [0.25, 0.3) is 0 Å². The molecule has 0 saturated heterocycles. The lowest BCUT2D eigenvalue weighted by Crippen LogP contribution is -2.13. The summed E-state index contributed by atoms with van der Waals surface area (Å²) in [5.74, 6) is 0.222. The molecule has 0 aliphatic rings. The number of nitrogens with one attached hydrogen (secondary N) is 1. The number of anilines is 1. The normalized spacial score (nSPS) is 11.2. The molecule has 0 aliphatic carbocycles. The van der Waals surface area contributed by atoms with E-state index in [4.69, 9.17) is 0 Å². The first-order valence-electron chi connectivity index (χ1n) is 7.83. The van der Waals surface area contributed by atoms with Gasteiger partial charge in [0.05, 0.1) is 0 Å². The fourth-order valence-corrected chi connectivity index (χ4v) is 2.35. The van der Waals surface area contributed by atoms with Crippen LogP contribution in [0.1, 0.15) is 21.6 Å². The van der Waals surface area contributed by atoms with E-state index in [1.807, 2.05) is 25.1 Å². The molecule has 0 saturated carbocycles. The molecular weight excluding hydrogens is 314 g/mol. The number of carbonyl (C=O) groups is 1. The Kier molecular flexibility index (Phi) is 4.85. The van der Waals surface area contributed by atoms with Crippen LogP contribution in [0.4, 0.5) is 11.5 Å². The molecule has 1 N–H and O–H groups in total. The number of benzene rings is 2. The zero-order valence-corrected chi connectivity index (χ0v) is 13.7. The van der Waals surface area contributed by atoms with Gasteiger partial charge >= 0.3 is 0 Å². The van der Waals surface area contributed by atoms with E-state index in [2.05, 4.69) is 10.3 Å². The number of para-hydroxylation sites is 1. The first-order valence-corrected chi connectivity index (χ1v) is 7.83. The van der Waals surface area contributed by atoms with Gasteiger partial charge in [-0.15, -0.1) is 0 Å². The van der Waals surface area contributed by atoms with Crippen molar-refractivity contribution in [2.45, 2.75) is 6.92 Å². The molecule has 124 valence electrons. The minimum Gasteiger partial charge on any atom is -0.618 e. The van der Waals surface area contributed by atoms with E-state index in [-0.39, 0.29) is 5.91 Å². The Balaban J connectivity index is 1.80. The Morgan fingerprint density at radius 2 is 1.80 bits per heavy atom. The second kappa shape index (κ2) is 7.40. The number of amides is 1. The smallest absolute Gasteiger partial charge is 0.256 e. The Morgan fingerprint density at radius 3 is 2.56 bits per heavy atom. The van der Waals surface area contributed by atoms with Crippen LogP contribution in [0, 0.1) is 12.1 Å². The fourth-order valence-electron chi connectivity index (χ4n) is 2.35. The van der Waals surface area contributed by atoms with Crippen molar-refractivity contribution in [1.29, 1.82) is 0 Å². The van der Waals surface area contributed by atoms with Gasteiger partial charge in [0, 0.05) is 29.0 Å². The summed E-state index contributed by atoms with van der Waals surface area (Å²) < 4.78 is 0.777. The summed E-state index contributed by atoms with van der Waals surface area (Å²) in [4.78, 5) is 16.6. The van der Waals surface area contributed by atoms with Crippen molar-refractivity contribution in [3.63, 3.8) is 0 Å². The number of carbonyl (C=O) groups excluding carboxylic acids is 1. The lowest BCUT2D eigenvalue weighted by Gasteiger charge is -2.06. The monoisotopic (exact) mass is 331 g/mol. The summed E-state index contributed by atoms with van der Waals surface area (Å²) in [6, 6.07) is 21.2. The molecule has 1 heterocycles. The number of rotatable bonds is 4. The molecule has 3 aromatic rings. The van der Waals surface area contributed by atoms with Crippen molar-refractivity contribution < 1.29 is 9.53 Å². The van der Waals surface area contributed by atoms with Crippen LogP contribution in [-0.4, -0.2) is 21.8 Å². The number of nitrogens with zero attached hydrogens (tertiary/aromatic N) is 2. The van der Waals surface area contributed by atoms with Crippen LogP contribution in [0.2, 0.25) is 0 Å². The van der Waals surface area contributed by atoms with E-state index in [1.54, 1.807) is 54.6 Å². The van der Waals surface area contributed by atoms with Gasteiger partial charge in [0.2, 0.25) is 5.69 Å². The van der Waals surface area contributed by atoms with Crippen LogP contribution >= 0.6 is 0 Å². The van der Waals surface area contributed by atoms with E-state index in [9.17, 15) is 10.0 Å². The molecular formula is C20H17N3O2. The minimum absolute atomic E-state index is 0.273. The number of hydrogen-bond acceptors (Lipinski definition) is 3. The Morgan fingerprint density at radius 1 is 1.04 bits per heavy atom. The number of aryl methyl sites for hydroxylation is 1. The van der Waals surface area contributed by atoms with Crippen molar-refractivity contribution in [2.24, 2.45) is 0 Å². The first-order chi connectivity index (χ1) is 12.1. The van der Waals surface area contributed by atoms with Crippen LogP contribution in [-0.2, 0) is 0 Å². The predicted octanol–water partition coefficient (Wildman–Crippen LogP) is 3.90. The number of aromatic nitrogens is 1. The van der Waals surface area contributed by atoms with Crippen molar-refractivity contribution in [2.75, 3.05) is 5.32 Å². The van der Waals surface area contributed by atoms with Crippen LogP contribution in [0.3, 0.4) is 0 Å². The van der Waals surface area contributed by atoms with Gasteiger partial charge in [0.1, 0.15) is 5.82 Å². The first kappa shape index (κ1) is 16.4. The third-order valence-corrected chi connectivity index (χ3v) is 3.56. The van der Waals surface area contributed by atoms with Crippen LogP contribution < -0.4 is 5.32 Å². The minimum atomic E-state index is -0.273. The van der Waals surface area contributed by atoms with E-state index in [1.165, 1.54) is 6.21 Å². The molecule has 1 amide bonds. The van der Waals surface area contributed by atoms with E-state index < -0.39 is 0 Å². The maximum atomic E-state index is 12.4. The van der Waals surface area contributed by atoms with Gasteiger partial charge in [-0.2, -0.15) is 4.74 Å². The van der Waals surface area contributed by atoms with Gasteiger partial charge in [0.15, 0.2) is 6.21 Å². The SMILES string of the molecule is Cc1cccc(NC(=O)c2cccc(/C=[N+](\[O-])c3ccccc3)c2)n1. The average molecular weight is 331 g/mol. The molecule has 2 aromatic carbocycles. The average Bonchev–Trinajstić information content (AvgIpc) is 2.62. The lowest BCUT2D eigenvalue weighted by molar-refractivity contribution is -0.354. The van der Waals surface area contributed by atoms with Gasteiger partial charge in [0.25, 0.3) is 5.91 Å². The summed E-state index contributed by atoms with van der Waals surface area (Å²) in [6.07, 6.45) is 1.44. The predicted molar refractivity (Wildman–Crippen MR) is 98.3 cm³/mol. The molecule has 0 fully saturated rings. The molecule has 3 rings (SSSR count). The molecule has 5 heteroatoms. The molecule has 0 unspecified atom stereocenters. The Bertz CT molecular complexity index is 921. The second-order valence-corrected chi connectivity index (χ2v) is 5.53. The third-order valence-electron chi connectivity index (χ3n) is 3.56. The van der Waals surface area contributed by atoms with Crippen molar-refractivity contribution in [3.8, 4) is 0 Å². The van der Waals surface area contributed by atoms with Crippen molar-refractivity contribution in [1.82, 2.24) is 4.98 Å². The van der Waals surface area contributed by atoms with Crippen molar-refractivity contribution in [3.05, 3.63) is 94.8 Å². The van der Waals surface area contributed by atoms with Gasteiger partial charge in [-0.1, -0.05) is 30.3 Å². The van der Waals surface area contributed by atoms with Crippen LogP contribution in [0.15, 0.2) is 72.8 Å². The quantitative estimate of drug-likeness (QED) is 0.341. The third kappa shape index (κ3) is 4.29. The van der Waals surface area contributed by atoms with Gasteiger partial charge in [-0.05, 0) is 37.3 Å². The molecule has 0 aliphatic heterocycles. The van der Waals surface area contributed by atoms with Gasteiger partial charge < -0.3 is 10.5 Å². The van der Waals surface area contributed by atoms with Crippen molar-refractivity contribution >= 4 is 23.6 Å². The Hall–Kier alpha value is -3.47. The number of pyridine rings is 1. The Labute approximate surface area is 145 Å². The molecule has 0 radical (unpaired) electrons. The molecule has 0 atom stereocenters. The highest BCUT2D eigenvalue weighted by atomic mass is 16.5. The molecule has 0 bridgehead atoms. The molecule has 25 heavy (non-hydrogen) atoms.